The molecule has 0 unspecified atom stereocenters. The third-order valence-corrected chi connectivity index (χ3v) is 4.93. The van der Waals surface area contributed by atoms with Crippen LogP contribution in [0.3, 0.4) is 0 Å². The largest absolute Gasteiger partial charge is 0.493 e. The number of hydrogen-bond acceptors (Lipinski definition) is 4. The van der Waals surface area contributed by atoms with Crippen LogP contribution in [0.1, 0.15) is 18.4 Å². The van der Waals surface area contributed by atoms with Gasteiger partial charge < -0.3 is 19.1 Å². The molecule has 0 bridgehead atoms. The van der Waals surface area contributed by atoms with E-state index in [4.69, 9.17) is 25.8 Å². The zero-order valence-electron chi connectivity index (χ0n) is 15.6. The molecule has 144 valence electrons. The minimum Gasteiger partial charge on any atom is -0.493 e. The topological polar surface area (TPSA) is 48.0 Å². The van der Waals surface area contributed by atoms with Gasteiger partial charge in [0.1, 0.15) is 11.9 Å². The molecule has 0 radical (unpaired) electrons. The summed E-state index contributed by atoms with van der Waals surface area (Å²) in [5.41, 5.74) is 0.912. The van der Waals surface area contributed by atoms with Crippen molar-refractivity contribution in [1.82, 2.24) is 4.90 Å². The second kappa shape index (κ2) is 9.00. The molecule has 0 aliphatic carbocycles. The summed E-state index contributed by atoms with van der Waals surface area (Å²) in [6, 6.07) is 13.0. The predicted molar refractivity (Wildman–Crippen MR) is 105 cm³/mol. The summed E-state index contributed by atoms with van der Waals surface area (Å²) < 4.78 is 16.5. The van der Waals surface area contributed by atoms with Crippen LogP contribution in [-0.4, -0.2) is 44.2 Å². The summed E-state index contributed by atoms with van der Waals surface area (Å²) in [5.74, 6) is 2.19. The first-order chi connectivity index (χ1) is 13.1. The van der Waals surface area contributed by atoms with E-state index in [1.54, 1.807) is 14.2 Å². The first kappa shape index (κ1) is 19.4. The summed E-state index contributed by atoms with van der Waals surface area (Å²) in [4.78, 5) is 14.5. The maximum absolute atomic E-state index is 12.6. The van der Waals surface area contributed by atoms with Gasteiger partial charge in [0, 0.05) is 31.0 Å². The normalized spacial score (nSPS) is 14.7. The van der Waals surface area contributed by atoms with Crippen molar-refractivity contribution >= 4 is 17.5 Å². The van der Waals surface area contributed by atoms with E-state index in [1.807, 2.05) is 47.4 Å². The van der Waals surface area contributed by atoms with E-state index in [0.29, 0.717) is 36.0 Å². The highest BCUT2D eigenvalue weighted by molar-refractivity contribution is 6.30. The van der Waals surface area contributed by atoms with Crippen LogP contribution in [0.5, 0.6) is 17.2 Å². The third-order valence-electron chi connectivity index (χ3n) is 4.70. The van der Waals surface area contributed by atoms with Crippen molar-refractivity contribution in [2.24, 2.45) is 0 Å². The van der Waals surface area contributed by atoms with Crippen LogP contribution < -0.4 is 14.2 Å². The zero-order chi connectivity index (χ0) is 19.2. The number of amides is 1. The molecule has 0 spiro atoms. The SMILES string of the molecule is COc1ccc(CC(=O)N2CCC(Oc3cccc(Cl)c3)CC2)cc1OC. The lowest BCUT2D eigenvalue weighted by molar-refractivity contribution is -0.132. The Morgan fingerprint density at radius 1 is 1.07 bits per heavy atom. The van der Waals surface area contributed by atoms with Gasteiger partial charge in [0.15, 0.2) is 11.5 Å². The molecular weight excluding hydrogens is 366 g/mol. The summed E-state index contributed by atoms with van der Waals surface area (Å²) in [5, 5.41) is 0.662. The number of likely N-dealkylation sites (tertiary alicyclic amines) is 1. The minimum atomic E-state index is 0.105. The number of ether oxygens (including phenoxy) is 3. The molecule has 0 saturated carbocycles. The number of nitrogens with zero attached hydrogens (tertiary/aromatic N) is 1. The van der Waals surface area contributed by atoms with Gasteiger partial charge in [-0.25, -0.2) is 0 Å². The highest BCUT2D eigenvalue weighted by Crippen LogP contribution is 2.28. The number of rotatable bonds is 6. The maximum Gasteiger partial charge on any atom is 0.226 e. The van der Waals surface area contributed by atoms with Gasteiger partial charge in [-0.15, -0.1) is 0 Å². The van der Waals surface area contributed by atoms with E-state index in [9.17, 15) is 4.79 Å². The van der Waals surface area contributed by atoms with Gasteiger partial charge in [0.05, 0.1) is 20.6 Å². The number of piperidine rings is 1. The smallest absolute Gasteiger partial charge is 0.226 e. The van der Waals surface area contributed by atoms with E-state index < -0.39 is 0 Å². The second-order valence-corrected chi connectivity index (χ2v) is 6.96. The number of methoxy groups -OCH3 is 2. The molecule has 3 rings (SSSR count). The van der Waals surface area contributed by atoms with E-state index in [2.05, 4.69) is 0 Å². The molecule has 2 aromatic rings. The molecule has 0 aromatic heterocycles. The fourth-order valence-corrected chi connectivity index (χ4v) is 3.41. The molecule has 1 saturated heterocycles. The minimum absolute atomic E-state index is 0.105. The molecule has 27 heavy (non-hydrogen) atoms. The molecule has 0 N–H and O–H groups in total. The Morgan fingerprint density at radius 3 is 2.48 bits per heavy atom. The van der Waals surface area contributed by atoms with Crippen LogP contribution in [-0.2, 0) is 11.2 Å². The predicted octanol–water partition coefficient (Wildman–Crippen LogP) is 3.97. The molecule has 1 fully saturated rings. The molecule has 0 atom stereocenters. The zero-order valence-corrected chi connectivity index (χ0v) is 16.4. The number of carbonyl (C=O) groups excluding carboxylic acids is 1. The first-order valence-corrected chi connectivity index (χ1v) is 9.37. The van der Waals surface area contributed by atoms with Crippen molar-refractivity contribution in [2.75, 3.05) is 27.3 Å². The van der Waals surface area contributed by atoms with Crippen molar-refractivity contribution in [1.29, 1.82) is 0 Å². The number of benzene rings is 2. The maximum atomic E-state index is 12.6. The van der Waals surface area contributed by atoms with Crippen molar-refractivity contribution in [3.05, 3.63) is 53.1 Å². The van der Waals surface area contributed by atoms with Crippen LogP contribution in [0.15, 0.2) is 42.5 Å². The lowest BCUT2D eigenvalue weighted by atomic mass is 10.1. The van der Waals surface area contributed by atoms with Gasteiger partial charge in [-0.2, -0.15) is 0 Å². The molecule has 1 aliphatic heterocycles. The molecule has 5 nitrogen and oxygen atoms in total. The van der Waals surface area contributed by atoms with Gasteiger partial charge in [-0.05, 0) is 35.9 Å². The average molecular weight is 390 g/mol. The summed E-state index contributed by atoms with van der Waals surface area (Å²) in [6.45, 7) is 1.38. The average Bonchev–Trinajstić information content (AvgIpc) is 2.68. The van der Waals surface area contributed by atoms with Crippen LogP contribution in [0, 0.1) is 0 Å². The van der Waals surface area contributed by atoms with Crippen molar-refractivity contribution < 1.29 is 19.0 Å². The number of hydrogen-bond donors (Lipinski definition) is 0. The van der Waals surface area contributed by atoms with Crippen LogP contribution in [0.4, 0.5) is 0 Å². The van der Waals surface area contributed by atoms with E-state index >= 15 is 0 Å². The van der Waals surface area contributed by atoms with Gasteiger partial charge in [-0.1, -0.05) is 23.7 Å². The Balaban J connectivity index is 1.52. The van der Waals surface area contributed by atoms with E-state index in [1.165, 1.54) is 0 Å². The number of carbonyl (C=O) groups is 1. The van der Waals surface area contributed by atoms with E-state index in [-0.39, 0.29) is 12.0 Å². The van der Waals surface area contributed by atoms with Crippen molar-refractivity contribution in [3.63, 3.8) is 0 Å². The van der Waals surface area contributed by atoms with Crippen LogP contribution in [0.25, 0.3) is 0 Å². The molecular formula is C21H24ClNO4. The van der Waals surface area contributed by atoms with Gasteiger partial charge in [0.2, 0.25) is 5.91 Å². The van der Waals surface area contributed by atoms with E-state index in [0.717, 1.165) is 24.2 Å². The van der Waals surface area contributed by atoms with Crippen molar-refractivity contribution in [2.45, 2.75) is 25.4 Å². The third kappa shape index (κ3) is 5.07. The van der Waals surface area contributed by atoms with Crippen LogP contribution in [0.2, 0.25) is 5.02 Å². The monoisotopic (exact) mass is 389 g/mol. The Kier molecular flexibility index (Phi) is 6.45. The molecule has 1 amide bonds. The quantitative estimate of drug-likeness (QED) is 0.750. The molecule has 6 heteroatoms. The van der Waals surface area contributed by atoms with Crippen molar-refractivity contribution in [3.8, 4) is 17.2 Å². The Labute approximate surface area is 164 Å². The van der Waals surface area contributed by atoms with Crippen LogP contribution >= 0.6 is 11.6 Å². The van der Waals surface area contributed by atoms with Gasteiger partial charge >= 0.3 is 0 Å². The molecule has 2 aromatic carbocycles. The summed E-state index contributed by atoms with van der Waals surface area (Å²) in [7, 11) is 3.19. The number of halogens is 1. The lowest BCUT2D eigenvalue weighted by Crippen LogP contribution is -2.42. The first-order valence-electron chi connectivity index (χ1n) is 9.00. The standard InChI is InChI=1S/C21H24ClNO4/c1-25-19-7-6-15(12-20(19)26-2)13-21(24)23-10-8-17(9-11-23)27-18-5-3-4-16(22)14-18/h3-7,12,14,17H,8-11,13H2,1-2H3. The summed E-state index contributed by atoms with van der Waals surface area (Å²) >= 11 is 6.00. The Hall–Kier alpha value is -2.40. The summed E-state index contributed by atoms with van der Waals surface area (Å²) in [6.07, 6.45) is 2.07. The Morgan fingerprint density at radius 2 is 1.81 bits per heavy atom. The lowest BCUT2D eigenvalue weighted by Gasteiger charge is -2.32. The van der Waals surface area contributed by atoms with Gasteiger partial charge in [0.25, 0.3) is 0 Å². The second-order valence-electron chi connectivity index (χ2n) is 6.52. The highest BCUT2D eigenvalue weighted by atomic mass is 35.5. The molecule has 1 heterocycles. The Bertz CT molecular complexity index is 788. The fourth-order valence-electron chi connectivity index (χ4n) is 3.23. The molecule has 1 aliphatic rings. The highest BCUT2D eigenvalue weighted by Gasteiger charge is 2.24. The fraction of sp³-hybridized carbons (Fsp3) is 0.381. The van der Waals surface area contributed by atoms with Gasteiger partial charge in [-0.3, -0.25) is 4.79 Å².